The van der Waals surface area contributed by atoms with Gasteiger partial charge in [0.1, 0.15) is 5.69 Å². The summed E-state index contributed by atoms with van der Waals surface area (Å²) in [5, 5.41) is 8.70. The van der Waals surface area contributed by atoms with Crippen molar-refractivity contribution >= 4 is 0 Å². The summed E-state index contributed by atoms with van der Waals surface area (Å²) in [6.07, 6.45) is -4.39. The highest BCUT2D eigenvalue weighted by Gasteiger charge is 2.30. The number of aromatic nitrogens is 4. The Hall–Kier alpha value is -3.42. The van der Waals surface area contributed by atoms with E-state index in [0.717, 1.165) is 23.4 Å². The summed E-state index contributed by atoms with van der Waals surface area (Å²) in [7, 11) is 0. The van der Waals surface area contributed by atoms with Gasteiger partial charge in [-0.1, -0.05) is 68.4 Å². The molecule has 0 aliphatic heterocycles. The summed E-state index contributed by atoms with van der Waals surface area (Å²) in [5.41, 5.74) is 2.11. The first-order chi connectivity index (χ1) is 14.6. The van der Waals surface area contributed by atoms with E-state index in [2.05, 4.69) is 30.9 Å². The van der Waals surface area contributed by atoms with Crippen molar-refractivity contribution in [1.82, 2.24) is 19.9 Å². The number of benzene rings is 2. The van der Waals surface area contributed by atoms with Gasteiger partial charge in [-0.05, 0) is 23.8 Å². The molecule has 31 heavy (non-hydrogen) atoms. The average Bonchev–Trinajstić information content (AvgIpc) is 3.35. The van der Waals surface area contributed by atoms with Gasteiger partial charge >= 0.3 is 6.18 Å². The van der Waals surface area contributed by atoms with Gasteiger partial charge in [0.2, 0.25) is 5.82 Å². The van der Waals surface area contributed by atoms with E-state index in [1.165, 1.54) is 12.1 Å². The zero-order valence-electron chi connectivity index (χ0n) is 17.3. The van der Waals surface area contributed by atoms with Crippen LogP contribution < -0.4 is 0 Å². The van der Waals surface area contributed by atoms with E-state index >= 15 is 0 Å². The minimum Gasteiger partial charge on any atom is -0.332 e. The van der Waals surface area contributed by atoms with E-state index in [0.29, 0.717) is 17.8 Å². The molecule has 0 saturated heterocycles. The largest absolute Gasteiger partial charge is 0.416 e. The third kappa shape index (κ3) is 4.52. The molecule has 4 aromatic rings. The molecular weight excluding hydrogens is 405 g/mol. The highest BCUT2D eigenvalue weighted by molar-refractivity contribution is 5.59. The van der Waals surface area contributed by atoms with Crippen LogP contribution in [0.2, 0.25) is 0 Å². The van der Waals surface area contributed by atoms with E-state index < -0.39 is 11.7 Å². The third-order valence-electron chi connectivity index (χ3n) is 4.84. The molecular formula is C23H21F3N4O. The maximum atomic E-state index is 12.8. The molecule has 2 aromatic heterocycles. The minimum atomic E-state index is -4.39. The first kappa shape index (κ1) is 20.8. The molecule has 0 fully saturated rings. The normalized spacial score (nSPS) is 12.3. The monoisotopic (exact) mass is 426 g/mol. The van der Waals surface area contributed by atoms with Crippen molar-refractivity contribution in [2.75, 3.05) is 0 Å². The van der Waals surface area contributed by atoms with Crippen LogP contribution in [0.5, 0.6) is 0 Å². The van der Waals surface area contributed by atoms with Crippen molar-refractivity contribution in [3.8, 4) is 23.0 Å². The first-order valence-electron chi connectivity index (χ1n) is 9.75. The summed E-state index contributed by atoms with van der Waals surface area (Å²) in [4.78, 5) is 4.42. The lowest BCUT2D eigenvalue weighted by Crippen LogP contribution is -2.13. The molecule has 0 amide bonds. The molecule has 2 aromatic carbocycles. The highest BCUT2D eigenvalue weighted by atomic mass is 19.4. The molecule has 0 unspecified atom stereocenters. The Labute approximate surface area is 177 Å². The number of hydrogen-bond acceptors (Lipinski definition) is 4. The van der Waals surface area contributed by atoms with Crippen molar-refractivity contribution in [2.45, 2.75) is 38.9 Å². The Morgan fingerprint density at radius 3 is 2.23 bits per heavy atom. The Balaban J connectivity index is 1.69. The van der Waals surface area contributed by atoms with Crippen LogP contribution in [0.1, 0.15) is 37.6 Å². The van der Waals surface area contributed by atoms with Crippen LogP contribution in [0.15, 0.2) is 65.2 Å². The lowest BCUT2D eigenvalue weighted by molar-refractivity contribution is -0.137. The standard InChI is InChI=1S/C23H21F3N4O/c1-22(2,3)19-13-18(30(28-19)14-15-7-5-4-6-8-15)21-27-20(29-31-21)16-9-11-17(12-10-16)23(24,25)26/h4-13H,14H2,1-3H3. The maximum absolute atomic E-state index is 12.8. The van der Waals surface area contributed by atoms with Crippen LogP contribution in [0, 0.1) is 0 Å². The highest BCUT2D eigenvalue weighted by Crippen LogP contribution is 2.32. The second-order valence-corrected chi connectivity index (χ2v) is 8.31. The predicted molar refractivity (Wildman–Crippen MR) is 110 cm³/mol. The van der Waals surface area contributed by atoms with Crippen LogP contribution in [-0.4, -0.2) is 19.9 Å². The molecule has 0 N–H and O–H groups in total. The molecule has 2 heterocycles. The SMILES string of the molecule is CC(C)(C)c1cc(-c2nc(-c3ccc(C(F)(F)F)cc3)no2)n(Cc2ccccc2)n1. The topological polar surface area (TPSA) is 56.7 Å². The maximum Gasteiger partial charge on any atom is 0.416 e. The van der Waals surface area contributed by atoms with E-state index in [9.17, 15) is 13.2 Å². The van der Waals surface area contributed by atoms with Crippen molar-refractivity contribution in [2.24, 2.45) is 0 Å². The summed E-state index contributed by atoms with van der Waals surface area (Å²) < 4.78 is 45.7. The molecule has 5 nitrogen and oxygen atoms in total. The Morgan fingerprint density at radius 1 is 0.935 bits per heavy atom. The number of hydrogen-bond donors (Lipinski definition) is 0. The van der Waals surface area contributed by atoms with Crippen molar-refractivity contribution in [3.05, 3.63) is 77.5 Å². The van der Waals surface area contributed by atoms with Gasteiger partial charge in [0, 0.05) is 11.0 Å². The smallest absolute Gasteiger partial charge is 0.332 e. The fraction of sp³-hybridized carbons (Fsp3) is 0.261. The van der Waals surface area contributed by atoms with Gasteiger partial charge in [0.25, 0.3) is 5.89 Å². The Bertz CT molecular complexity index is 1170. The Kier molecular flexibility index (Phi) is 5.16. The van der Waals surface area contributed by atoms with Gasteiger partial charge in [-0.15, -0.1) is 0 Å². The van der Waals surface area contributed by atoms with Crippen LogP contribution in [0.25, 0.3) is 23.0 Å². The molecule has 0 aliphatic rings. The molecule has 160 valence electrons. The van der Waals surface area contributed by atoms with Gasteiger partial charge in [-0.2, -0.15) is 23.3 Å². The van der Waals surface area contributed by atoms with E-state index in [1.54, 1.807) is 4.68 Å². The Morgan fingerprint density at radius 2 is 1.61 bits per heavy atom. The van der Waals surface area contributed by atoms with E-state index in [-0.39, 0.29) is 17.1 Å². The zero-order chi connectivity index (χ0) is 22.2. The summed E-state index contributed by atoms with van der Waals surface area (Å²) in [5.74, 6) is 0.474. The number of rotatable bonds is 4. The van der Waals surface area contributed by atoms with Gasteiger partial charge in [-0.25, -0.2) is 0 Å². The first-order valence-corrected chi connectivity index (χ1v) is 9.75. The van der Waals surface area contributed by atoms with E-state index in [4.69, 9.17) is 9.62 Å². The second-order valence-electron chi connectivity index (χ2n) is 8.31. The molecule has 0 aliphatic carbocycles. The van der Waals surface area contributed by atoms with Gasteiger partial charge in [0.05, 0.1) is 17.8 Å². The second kappa shape index (κ2) is 7.68. The molecule has 0 atom stereocenters. The van der Waals surface area contributed by atoms with Gasteiger partial charge in [-0.3, -0.25) is 4.68 Å². The number of nitrogens with zero attached hydrogens (tertiary/aromatic N) is 4. The van der Waals surface area contributed by atoms with Crippen LogP contribution in [0.3, 0.4) is 0 Å². The lowest BCUT2D eigenvalue weighted by Gasteiger charge is -2.14. The van der Waals surface area contributed by atoms with E-state index in [1.807, 2.05) is 36.4 Å². The summed E-state index contributed by atoms with van der Waals surface area (Å²) >= 11 is 0. The summed E-state index contributed by atoms with van der Waals surface area (Å²) in [6, 6.07) is 16.4. The predicted octanol–water partition coefficient (Wildman–Crippen LogP) is 5.96. The quantitative estimate of drug-likeness (QED) is 0.404. The van der Waals surface area contributed by atoms with Crippen molar-refractivity contribution in [3.63, 3.8) is 0 Å². The summed E-state index contributed by atoms with van der Waals surface area (Å²) in [6.45, 7) is 6.71. The average molecular weight is 426 g/mol. The molecule has 0 spiro atoms. The van der Waals surface area contributed by atoms with Gasteiger partial charge < -0.3 is 4.52 Å². The number of alkyl halides is 3. The third-order valence-corrected chi connectivity index (χ3v) is 4.84. The molecule has 4 rings (SSSR count). The number of halogens is 3. The molecule has 0 bridgehead atoms. The molecule has 0 radical (unpaired) electrons. The van der Waals surface area contributed by atoms with Crippen molar-refractivity contribution < 1.29 is 17.7 Å². The van der Waals surface area contributed by atoms with Crippen molar-refractivity contribution in [1.29, 1.82) is 0 Å². The molecule has 8 heteroatoms. The molecule has 0 saturated carbocycles. The lowest BCUT2D eigenvalue weighted by atomic mass is 9.92. The van der Waals surface area contributed by atoms with Crippen LogP contribution in [0.4, 0.5) is 13.2 Å². The van der Waals surface area contributed by atoms with Crippen LogP contribution >= 0.6 is 0 Å². The minimum absolute atomic E-state index is 0.188. The fourth-order valence-electron chi connectivity index (χ4n) is 3.09. The fourth-order valence-corrected chi connectivity index (χ4v) is 3.09. The van der Waals surface area contributed by atoms with Crippen LogP contribution in [-0.2, 0) is 18.1 Å². The van der Waals surface area contributed by atoms with Gasteiger partial charge in [0.15, 0.2) is 0 Å². The zero-order valence-corrected chi connectivity index (χ0v) is 17.3.